The first-order valence-electron chi connectivity index (χ1n) is 9.38. The largest absolute Gasteiger partial charge is 0.338 e. The number of carbonyl (C=O) groups is 1. The third kappa shape index (κ3) is 4.81. The van der Waals surface area contributed by atoms with Gasteiger partial charge in [0.25, 0.3) is 10.0 Å². The molecule has 0 saturated heterocycles. The molecule has 0 fully saturated rings. The summed E-state index contributed by atoms with van der Waals surface area (Å²) in [5.41, 5.74) is 2.06. The van der Waals surface area contributed by atoms with Crippen molar-refractivity contribution in [1.82, 2.24) is 9.62 Å². The SMILES string of the molecule is CCCN(Cc1ccc(C#N)cc1)C(=O)CCN=C1NS(=O)(=O)c2ccccc21. The second-order valence-corrected chi connectivity index (χ2v) is 8.36. The van der Waals surface area contributed by atoms with Crippen molar-refractivity contribution in [2.45, 2.75) is 31.2 Å². The Hall–Kier alpha value is -3.18. The van der Waals surface area contributed by atoms with Crippen LogP contribution >= 0.6 is 0 Å². The summed E-state index contributed by atoms with van der Waals surface area (Å²) in [6, 6.07) is 15.9. The fourth-order valence-corrected chi connectivity index (χ4v) is 4.39. The van der Waals surface area contributed by atoms with E-state index in [1.807, 2.05) is 19.1 Å². The number of rotatable bonds is 7. The first-order chi connectivity index (χ1) is 13.9. The molecule has 1 aliphatic rings. The zero-order valence-electron chi connectivity index (χ0n) is 16.1. The van der Waals surface area contributed by atoms with Gasteiger partial charge >= 0.3 is 0 Å². The Bertz CT molecular complexity index is 1070. The number of hydrogen-bond donors (Lipinski definition) is 1. The van der Waals surface area contributed by atoms with E-state index in [4.69, 9.17) is 5.26 Å². The highest BCUT2D eigenvalue weighted by molar-refractivity contribution is 7.90. The average Bonchev–Trinajstić information content (AvgIpc) is 2.98. The molecule has 0 aliphatic carbocycles. The summed E-state index contributed by atoms with van der Waals surface area (Å²) in [6.45, 7) is 3.28. The zero-order chi connectivity index (χ0) is 20.9. The van der Waals surface area contributed by atoms with E-state index in [1.54, 1.807) is 35.2 Å². The van der Waals surface area contributed by atoms with Crippen molar-refractivity contribution < 1.29 is 13.2 Å². The first kappa shape index (κ1) is 20.6. The summed E-state index contributed by atoms with van der Waals surface area (Å²) >= 11 is 0. The third-order valence-corrected chi connectivity index (χ3v) is 5.96. The monoisotopic (exact) mass is 410 g/mol. The number of fused-ring (bicyclic) bond motifs is 1. The molecule has 2 aromatic carbocycles. The minimum absolute atomic E-state index is 0.0466. The van der Waals surface area contributed by atoms with Gasteiger partial charge in [0.2, 0.25) is 5.91 Å². The summed E-state index contributed by atoms with van der Waals surface area (Å²) in [5, 5.41) is 8.89. The van der Waals surface area contributed by atoms with Gasteiger partial charge in [-0.25, -0.2) is 8.42 Å². The maximum absolute atomic E-state index is 12.7. The summed E-state index contributed by atoms with van der Waals surface area (Å²) < 4.78 is 26.7. The van der Waals surface area contributed by atoms with Crippen molar-refractivity contribution in [3.63, 3.8) is 0 Å². The highest BCUT2D eigenvalue weighted by atomic mass is 32.2. The van der Waals surface area contributed by atoms with Gasteiger partial charge in [0, 0.05) is 25.1 Å². The quantitative estimate of drug-likeness (QED) is 0.757. The van der Waals surface area contributed by atoms with Gasteiger partial charge in [-0.1, -0.05) is 31.2 Å². The van der Waals surface area contributed by atoms with Gasteiger partial charge < -0.3 is 4.90 Å². The van der Waals surface area contributed by atoms with Gasteiger partial charge in [-0.2, -0.15) is 5.26 Å². The van der Waals surface area contributed by atoms with E-state index in [-0.39, 0.29) is 29.6 Å². The third-order valence-electron chi connectivity index (χ3n) is 4.56. The molecule has 1 aliphatic heterocycles. The molecule has 8 heteroatoms. The Morgan fingerprint density at radius 1 is 1.17 bits per heavy atom. The lowest BCUT2D eigenvalue weighted by Gasteiger charge is -2.22. The van der Waals surface area contributed by atoms with Crippen LogP contribution in [-0.2, 0) is 21.4 Å². The van der Waals surface area contributed by atoms with Gasteiger partial charge in [-0.15, -0.1) is 0 Å². The molecular formula is C21H22N4O3S. The molecule has 29 heavy (non-hydrogen) atoms. The molecule has 1 N–H and O–H groups in total. The number of hydrogen-bond acceptors (Lipinski definition) is 5. The average molecular weight is 410 g/mol. The molecule has 0 atom stereocenters. The fourth-order valence-electron chi connectivity index (χ4n) is 3.14. The van der Waals surface area contributed by atoms with Gasteiger partial charge in [0.15, 0.2) is 0 Å². The van der Waals surface area contributed by atoms with Crippen molar-refractivity contribution in [2.24, 2.45) is 4.99 Å². The number of amidine groups is 1. The summed E-state index contributed by atoms with van der Waals surface area (Å²) in [5.74, 6) is 0.234. The van der Waals surface area contributed by atoms with Crippen LogP contribution < -0.4 is 4.72 Å². The van der Waals surface area contributed by atoms with Crippen molar-refractivity contribution >= 4 is 21.8 Å². The molecule has 0 bridgehead atoms. The van der Waals surface area contributed by atoms with Crippen LogP contribution in [0.2, 0.25) is 0 Å². The lowest BCUT2D eigenvalue weighted by Crippen LogP contribution is -2.31. The molecule has 2 aromatic rings. The maximum atomic E-state index is 12.7. The zero-order valence-corrected chi connectivity index (χ0v) is 16.9. The van der Waals surface area contributed by atoms with E-state index in [2.05, 4.69) is 15.8 Å². The second-order valence-electron chi connectivity index (χ2n) is 6.71. The number of carbonyl (C=O) groups excluding carboxylic acids is 1. The molecule has 1 heterocycles. The van der Waals surface area contributed by atoms with Gasteiger partial charge in [0.05, 0.1) is 23.1 Å². The predicted octanol–water partition coefficient (Wildman–Crippen LogP) is 2.43. The number of sulfonamides is 1. The van der Waals surface area contributed by atoms with Gasteiger partial charge in [-0.3, -0.25) is 14.5 Å². The van der Waals surface area contributed by atoms with E-state index in [0.717, 1.165) is 12.0 Å². The van der Waals surface area contributed by atoms with Crippen LogP contribution in [0.5, 0.6) is 0 Å². The van der Waals surface area contributed by atoms with Gasteiger partial charge in [0.1, 0.15) is 5.84 Å². The van der Waals surface area contributed by atoms with Crippen molar-refractivity contribution in [2.75, 3.05) is 13.1 Å². The standard InChI is InChI=1S/C21H22N4O3S/c1-2-13-25(15-17-9-7-16(14-22)8-10-17)20(26)11-12-23-21-18-5-3-4-6-19(18)29(27,28)24-21/h3-10H,2,11-13,15H2,1H3,(H,23,24). The van der Waals surface area contributed by atoms with Crippen LogP contribution in [0.3, 0.4) is 0 Å². The molecule has 0 aromatic heterocycles. The van der Waals surface area contributed by atoms with Crippen molar-refractivity contribution in [3.05, 3.63) is 65.2 Å². The smallest absolute Gasteiger partial charge is 0.263 e. The van der Waals surface area contributed by atoms with E-state index in [1.165, 1.54) is 6.07 Å². The van der Waals surface area contributed by atoms with Crippen LogP contribution in [0, 0.1) is 11.3 Å². The van der Waals surface area contributed by atoms with Crippen molar-refractivity contribution in [1.29, 1.82) is 5.26 Å². The van der Waals surface area contributed by atoms with Gasteiger partial charge in [-0.05, 0) is 36.2 Å². The van der Waals surface area contributed by atoms with Crippen molar-refractivity contribution in [3.8, 4) is 6.07 Å². The molecule has 150 valence electrons. The van der Waals surface area contributed by atoms with Crippen LogP contribution in [0.4, 0.5) is 0 Å². The number of nitrogens with one attached hydrogen (secondary N) is 1. The number of benzene rings is 2. The van der Waals surface area contributed by atoms with E-state index in [0.29, 0.717) is 24.2 Å². The number of nitriles is 1. The van der Waals surface area contributed by atoms with Crippen LogP contribution in [0.15, 0.2) is 58.4 Å². The lowest BCUT2D eigenvalue weighted by atomic mass is 10.1. The minimum atomic E-state index is -3.58. The highest BCUT2D eigenvalue weighted by Crippen LogP contribution is 2.22. The molecular weight excluding hydrogens is 388 g/mol. The highest BCUT2D eigenvalue weighted by Gasteiger charge is 2.30. The minimum Gasteiger partial charge on any atom is -0.338 e. The molecule has 1 amide bonds. The molecule has 0 radical (unpaired) electrons. The Labute approximate surface area is 170 Å². The fraction of sp³-hybridized carbons (Fsp3) is 0.286. The Morgan fingerprint density at radius 2 is 1.90 bits per heavy atom. The van der Waals surface area contributed by atoms with Crippen LogP contribution in [0.25, 0.3) is 0 Å². The van der Waals surface area contributed by atoms with E-state index >= 15 is 0 Å². The number of amides is 1. The van der Waals surface area contributed by atoms with Crippen LogP contribution in [-0.4, -0.2) is 38.2 Å². The van der Waals surface area contributed by atoms with E-state index < -0.39 is 10.0 Å². The second kappa shape index (κ2) is 8.88. The molecule has 0 unspecified atom stereocenters. The topological polar surface area (TPSA) is 103 Å². The normalized spacial score (nSPS) is 15.4. The summed E-state index contributed by atoms with van der Waals surface area (Å²) in [4.78, 5) is 19.0. The Morgan fingerprint density at radius 3 is 2.59 bits per heavy atom. The Kier molecular flexibility index (Phi) is 6.29. The molecule has 0 spiro atoms. The lowest BCUT2D eigenvalue weighted by molar-refractivity contribution is -0.131. The number of nitrogens with zero attached hydrogens (tertiary/aromatic N) is 3. The summed E-state index contributed by atoms with van der Waals surface area (Å²) in [6.07, 6.45) is 1.01. The Balaban J connectivity index is 1.65. The predicted molar refractivity (Wildman–Crippen MR) is 110 cm³/mol. The maximum Gasteiger partial charge on any atom is 0.263 e. The molecule has 0 saturated carbocycles. The van der Waals surface area contributed by atoms with Crippen LogP contribution in [0.1, 0.15) is 36.5 Å². The van der Waals surface area contributed by atoms with E-state index in [9.17, 15) is 13.2 Å². The first-order valence-corrected chi connectivity index (χ1v) is 10.9. The summed E-state index contributed by atoms with van der Waals surface area (Å²) in [7, 11) is -3.58. The molecule has 3 rings (SSSR count). The molecule has 7 nitrogen and oxygen atoms in total. The number of aliphatic imine (C=N–C) groups is 1.